The average Bonchev–Trinajstić information content (AvgIpc) is 3.62. The van der Waals surface area contributed by atoms with Crippen LogP contribution in [0.25, 0.3) is 11.4 Å². The summed E-state index contributed by atoms with van der Waals surface area (Å²) < 4.78 is 23.7. The van der Waals surface area contributed by atoms with Crippen molar-refractivity contribution in [2.24, 2.45) is 0 Å². The van der Waals surface area contributed by atoms with Gasteiger partial charge in [-0.05, 0) is 35.9 Å². The van der Waals surface area contributed by atoms with Crippen LogP contribution in [0, 0.1) is 0 Å². The van der Waals surface area contributed by atoms with Crippen molar-refractivity contribution in [2.75, 3.05) is 19.3 Å². The van der Waals surface area contributed by atoms with Gasteiger partial charge in [0, 0.05) is 11.1 Å². The summed E-state index contributed by atoms with van der Waals surface area (Å²) in [6.07, 6.45) is 0. The maximum absolute atomic E-state index is 12.9. The maximum Gasteiger partial charge on any atom is 0.231 e. The number of ether oxygens (including phenoxy) is 4. The van der Waals surface area contributed by atoms with E-state index in [-0.39, 0.29) is 25.1 Å². The largest absolute Gasteiger partial charge is 0.454 e. The fourth-order valence-electron chi connectivity index (χ4n) is 3.84. The summed E-state index contributed by atoms with van der Waals surface area (Å²) in [5.41, 5.74) is 2.54. The van der Waals surface area contributed by atoms with Gasteiger partial charge in [0.25, 0.3) is 0 Å². The van der Waals surface area contributed by atoms with Crippen LogP contribution in [0.5, 0.6) is 23.0 Å². The minimum absolute atomic E-state index is 0.0257. The third kappa shape index (κ3) is 3.94. The Morgan fingerprint density at radius 2 is 1.53 bits per heavy atom. The van der Waals surface area contributed by atoms with Crippen LogP contribution in [0.3, 0.4) is 0 Å². The van der Waals surface area contributed by atoms with Gasteiger partial charge in [0.1, 0.15) is 0 Å². The van der Waals surface area contributed by atoms with Gasteiger partial charge in [0.15, 0.2) is 39.8 Å². The highest BCUT2D eigenvalue weighted by Gasteiger charge is 2.20. The monoisotopic (exact) mass is 473 g/mol. The predicted molar refractivity (Wildman–Crippen MR) is 125 cm³/mol. The lowest BCUT2D eigenvalue weighted by Crippen LogP contribution is -2.07. The van der Waals surface area contributed by atoms with Crippen LogP contribution in [0.4, 0.5) is 0 Å². The molecule has 6 rings (SSSR count). The van der Waals surface area contributed by atoms with Gasteiger partial charge in [-0.15, -0.1) is 10.2 Å². The van der Waals surface area contributed by atoms with Crippen molar-refractivity contribution >= 4 is 17.5 Å². The molecule has 170 valence electrons. The summed E-state index contributed by atoms with van der Waals surface area (Å²) in [4.78, 5) is 12.9. The third-order valence-electron chi connectivity index (χ3n) is 5.55. The highest BCUT2D eigenvalue weighted by Crippen LogP contribution is 2.35. The first-order chi connectivity index (χ1) is 16.7. The third-order valence-corrected chi connectivity index (χ3v) is 6.52. The SMILES string of the molecule is O=C(CSc1nnc(-c2ccccc2)n1Cc1ccc2c(c1)OCO2)c1ccc2c(c1)OCO2. The molecule has 0 bridgehead atoms. The summed E-state index contributed by atoms with van der Waals surface area (Å²) in [6.45, 7) is 0.922. The van der Waals surface area contributed by atoms with E-state index in [1.807, 2.05) is 53.1 Å². The Morgan fingerprint density at radius 1 is 0.824 bits per heavy atom. The molecular formula is C25H19N3O5S. The maximum atomic E-state index is 12.9. The van der Waals surface area contributed by atoms with Crippen LogP contribution in [0.1, 0.15) is 15.9 Å². The first kappa shape index (κ1) is 20.6. The zero-order chi connectivity index (χ0) is 22.9. The number of nitrogens with zero attached hydrogens (tertiary/aromatic N) is 3. The van der Waals surface area contributed by atoms with Gasteiger partial charge in [-0.1, -0.05) is 48.2 Å². The zero-order valence-corrected chi connectivity index (χ0v) is 18.8. The van der Waals surface area contributed by atoms with Gasteiger partial charge in [-0.2, -0.15) is 0 Å². The lowest BCUT2D eigenvalue weighted by atomic mass is 10.1. The highest BCUT2D eigenvalue weighted by atomic mass is 32.2. The highest BCUT2D eigenvalue weighted by molar-refractivity contribution is 7.99. The smallest absolute Gasteiger partial charge is 0.231 e. The molecule has 9 heteroatoms. The van der Waals surface area contributed by atoms with Crippen LogP contribution in [0.2, 0.25) is 0 Å². The van der Waals surface area contributed by atoms with E-state index < -0.39 is 0 Å². The number of rotatable bonds is 7. The van der Waals surface area contributed by atoms with Crippen molar-refractivity contribution in [1.82, 2.24) is 14.8 Å². The van der Waals surface area contributed by atoms with Crippen LogP contribution in [-0.4, -0.2) is 39.9 Å². The molecule has 4 aromatic rings. The molecule has 0 radical (unpaired) electrons. The van der Waals surface area contributed by atoms with Crippen molar-refractivity contribution in [2.45, 2.75) is 11.7 Å². The molecule has 2 aliphatic heterocycles. The molecule has 3 aromatic carbocycles. The van der Waals surface area contributed by atoms with Crippen LogP contribution in [0.15, 0.2) is 71.9 Å². The molecule has 0 N–H and O–H groups in total. The summed E-state index contributed by atoms with van der Waals surface area (Å²) in [6, 6.07) is 21.0. The van der Waals surface area contributed by atoms with E-state index in [1.165, 1.54) is 11.8 Å². The van der Waals surface area contributed by atoms with E-state index in [2.05, 4.69) is 10.2 Å². The van der Waals surface area contributed by atoms with E-state index >= 15 is 0 Å². The van der Waals surface area contributed by atoms with E-state index in [0.29, 0.717) is 28.8 Å². The minimum Gasteiger partial charge on any atom is -0.454 e. The molecule has 0 saturated heterocycles. The molecular weight excluding hydrogens is 454 g/mol. The molecule has 34 heavy (non-hydrogen) atoms. The van der Waals surface area contributed by atoms with E-state index in [1.54, 1.807) is 18.2 Å². The van der Waals surface area contributed by atoms with E-state index in [0.717, 1.165) is 28.5 Å². The number of fused-ring (bicyclic) bond motifs is 2. The van der Waals surface area contributed by atoms with Gasteiger partial charge in [0.05, 0.1) is 12.3 Å². The van der Waals surface area contributed by atoms with Gasteiger partial charge >= 0.3 is 0 Å². The Bertz CT molecular complexity index is 1370. The van der Waals surface area contributed by atoms with Crippen molar-refractivity contribution in [3.05, 3.63) is 77.9 Å². The Kier molecular flexibility index (Phi) is 5.31. The first-order valence-corrected chi connectivity index (χ1v) is 11.7. The van der Waals surface area contributed by atoms with Crippen LogP contribution >= 0.6 is 11.8 Å². The van der Waals surface area contributed by atoms with Crippen molar-refractivity contribution < 1.29 is 23.7 Å². The number of aromatic nitrogens is 3. The minimum atomic E-state index is -0.0257. The van der Waals surface area contributed by atoms with Crippen molar-refractivity contribution in [3.63, 3.8) is 0 Å². The van der Waals surface area contributed by atoms with Crippen molar-refractivity contribution in [3.8, 4) is 34.4 Å². The average molecular weight is 474 g/mol. The Hall–Kier alpha value is -3.98. The normalized spacial score (nSPS) is 13.3. The number of carbonyl (C=O) groups is 1. The molecule has 2 aliphatic rings. The number of carbonyl (C=O) groups excluding carboxylic acids is 1. The summed E-state index contributed by atoms with van der Waals surface area (Å²) >= 11 is 1.36. The Morgan fingerprint density at radius 3 is 2.32 bits per heavy atom. The van der Waals surface area contributed by atoms with E-state index in [9.17, 15) is 4.79 Å². The molecule has 3 heterocycles. The molecule has 0 atom stereocenters. The standard InChI is InChI=1S/C25H19N3O5S/c29-19(18-7-9-21-23(11-18)33-15-31-21)13-34-25-27-26-24(17-4-2-1-3-5-17)28(25)12-16-6-8-20-22(10-16)32-14-30-20/h1-11H,12-15H2. The van der Waals surface area contributed by atoms with Gasteiger partial charge in [-0.3, -0.25) is 9.36 Å². The zero-order valence-electron chi connectivity index (χ0n) is 18.0. The van der Waals surface area contributed by atoms with Crippen LogP contribution < -0.4 is 18.9 Å². The first-order valence-electron chi connectivity index (χ1n) is 10.7. The molecule has 0 unspecified atom stereocenters. The number of benzene rings is 3. The number of Topliss-reactive ketones (excluding diaryl/α,β-unsaturated/α-hetero) is 1. The molecule has 0 spiro atoms. The second-order valence-electron chi connectivity index (χ2n) is 7.73. The number of hydrogen-bond donors (Lipinski definition) is 0. The molecule has 1 aromatic heterocycles. The van der Waals surface area contributed by atoms with Gasteiger partial charge in [-0.25, -0.2) is 0 Å². The molecule has 0 amide bonds. The van der Waals surface area contributed by atoms with Gasteiger partial charge < -0.3 is 18.9 Å². The molecule has 0 saturated carbocycles. The Labute approximate surface area is 199 Å². The summed E-state index contributed by atoms with van der Waals surface area (Å²) in [7, 11) is 0. The topological polar surface area (TPSA) is 84.7 Å². The summed E-state index contributed by atoms with van der Waals surface area (Å²) in [5, 5.41) is 9.51. The van der Waals surface area contributed by atoms with Gasteiger partial charge in [0.2, 0.25) is 13.6 Å². The predicted octanol–water partition coefficient (Wildman–Crippen LogP) is 4.43. The quantitative estimate of drug-likeness (QED) is 0.288. The lowest BCUT2D eigenvalue weighted by Gasteiger charge is -2.11. The van der Waals surface area contributed by atoms with Crippen molar-refractivity contribution in [1.29, 1.82) is 0 Å². The number of hydrogen-bond acceptors (Lipinski definition) is 8. The number of thioether (sulfide) groups is 1. The molecule has 0 aliphatic carbocycles. The second-order valence-corrected chi connectivity index (χ2v) is 8.67. The second kappa shape index (κ2) is 8.75. The lowest BCUT2D eigenvalue weighted by molar-refractivity contribution is 0.102. The molecule has 8 nitrogen and oxygen atoms in total. The number of ketones is 1. The fourth-order valence-corrected chi connectivity index (χ4v) is 4.68. The summed E-state index contributed by atoms with van der Waals surface area (Å²) in [5.74, 6) is 3.62. The van der Waals surface area contributed by atoms with E-state index in [4.69, 9.17) is 18.9 Å². The Balaban J connectivity index is 1.27. The fraction of sp³-hybridized carbons (Fsp3) is 0.160. The molecule has 0 fully saturated rings. The van der Waals surface area contributed by atoms with Crippen LogP contribution in [-0.2, 0) is 6.54 Å².